The Labute approximate surface area is 64.4 Å². The van der Waals surface area contributed by atoms with Crippen LogP contribution in [0.25, 0.3) is 0 Å². The highest BCUT2D eigenvalue weighted by atomic mass is 19.1. The maximum Gasteiger partial charge on any atom is 0.128 e. The van der Waals surface area contributed by atoms with Crippen LogP contribution in [-0.4, -0.2) is 12.8 Å². The van der Waals surface area contributed by atoms with Crippen molar-refractivity contribution in [3.05, 3.63) is 24.3 Å². The number of benzene rings is 1. The second-order valence-corrected chi connectivity index (χ2v) is 2.54. The van der Waals surface area contributed by atoms with Gasteiger partial charge in [0, 0.05) is 0 Å². The fourth-order valence-electron chi connectivity index (χ4n) is 1.22. The highest BCUT2D eigenvalue weighted by Gasteiger charge is 2.17. The van der Waals surface area contributed by atoms with Gasteiger partial charge in [-0.1, -0.05) is 12.1 Å². The van der Waals surface area contributed by atoms with E-state index in [1.165, 1.54) is 0 Å². The third-order valence-corrected chi connectivity index (χ3v) is 1.74. The molecule has 0 aromatic heterocycles. The number of rotatable bonds is 1. The second kappa shape index (κ2) is 2.42. The van der Waals surface area contributed by atoms with Crippen molar-refractivity contribution in [3.63, 3.8) is 0 Å². The molecule has 0 bridgehead atoms. The Morgan fingerprint density at radius 2 is 1.73 bits per heavy atom. The minimum absolute atomic E-state index is 0.243. The first-order chi connectivity index (χ1) is 5.40. The molecule has 0 amide bonds. The number of hydrogen-bond acceptors (Lipinski definition) is 2. The second-order valence-electron chi connectivity index (χ2n) is 2.54. The first kappa shape index (κ1) is 6.46. The van der Waals surface area contributed by atoms with Crippen LogP contribution < -0.4 is 10.6 Å². The number of fused-ring (bicyclic) bond motifs is 1. The Bertz CT molecular complexity index is 237. The molecule has 1 aliphatic heterocycles. The number of halogens is 1. The molecular weight excluding hydrogens is 143 g/mol. The minimum atomic E-state index is -0.394. The third-order valence-electron chi connectivity index (χ3n) is 1.74. The van der Waals surface area contributed by atoms with E-state index in [9.17, 15) is 4.39 Å². The quantitative estimate of drug-likeness (QED) is 0.641. The van der Waals surface area contributed by atoms with Crippen LogP contribution in [0.1, 0.15) is 0 Å². The van der Waals surface area contributed by atoms with Gasteiger partial charge in [0.15, 0.2) is 0 Å². The van der Waals surface area contributed by atoms with E-state index < -0.39 is 6.67 Å². The van der Waals surface area contributed by atoms with Crippen molar-refractivity contribution in [1.29, 1.82) is 0 Å². The SMILES string of the molecule is FCC1Nc2ccccc2N1. The summed E-state index contributed by atoms with van der Waals surface area (Å²) in [5, 5.41) is 6.00. The van der Waals surface area contributed by atoms with Gasteiger partial charge in [0.1, 0.15) is 12.8 Å². The molecule has 0 atom stereocenters. The van der Waals surface area contributed by atoms with E-state index in [2.05, 4.69) is 10.6 Å². The fourth-order valence-corrected chi connectivity index (χ4v) is 1.22. The molecule has 0 unspecified atom stereocenters. The standard InChI is InChI=1S/C8H9FN2/c9-5-8-10-6-3-1-2-4-7(6)11-8/h1-4,8,10-11H,5H2. The molecule has 0 spiro atoms. The monoisotopic (exact) mass is 152 g/mol. The lowest BCUT2D eigenvalue weighted by Gasteiger charge is -2.04. The largest absolute Gasteiger partial charge is 0.362 e. The normalized spacial score (nSPS) is 15.4. The van der Waals surface area contributed by atoms with Crippen LogP contribution in [0.3, 0.4) is 0 Å². The third kappa shape index (κ3) is 1.02. The summed E-state index contributed by atoms with van der Waals surface area (Å²) in [4.78, 5) is 0. The van der Waals surface area contributed by atoms with Crippen molar-refractivity contribution in [2.75, 3.05) is 17.3 Å². The van der Waals surface area contributed by atoms with Gasteiger partial charge in [0.25, 0.3) is 0 Å². The van der Waals surface area contributed by atoms with Crippen molar-refractivity contribution in [2.45, 2.75) is 6.17 Å². The molecule has 11 heavy (non-hydrogen) atoms. The highest BCUT2D eigenvalue weighted by Crippen LogP contribution is 2.27. The maximum absolute atomic E-state index is 12.1. The van der Waals surface area contributed by atoms with Crippen molar-refractivity contribution < 1.29 is 4.39 Å². The van der Waals surface area contributed by atoms with Crippen molar-refractivity contribution >= 4 is 11.4 Å². The molecule has 3 heteroatoms. The number of nitrogens with one attached hydrogen (secondary N) is 2. The number of para-hydroxylation sites is 2. The van der Waals surface area contributed by atoms with Gasteiger partial charge in [0.2, 0.25) is 0 Å². The van der Waals surface area contributed by atoms with Crippen LogP contribution in [-0.2, 0) is 0 Å². The van der Waals surface area contributed by atoms with Gasteiger partial charge in [-0.2, -0.15) is 0 Å². The predicted molar refractivity (Wildman–Crippen MR) is 43.5 cm³/mol. The van der Waals surface area contributed by atoms with E-state index in [0.717, 1.165) is 11.4 Å². The lowest BCUT2D eigenvalue weighted by Crippen LogP contribution is -2.23. The van der Waals surface area contributed by atoms with E-state index >= 15 is 0 Å². The molecule has 2 rings (SSSR count). The lowest BCUT2D eigenvalue weighted by atomic mass is 10.3. The summed E-state index contributed by atoms with van der Waals surface area (Å²) in [5.41, 5.74) is 1.96. The molecular formula is C8H9FN2. The Hall–Kier alpha value is -1.25. The average molecular weight is 152 g/mol. The van der Waals surface area contributed by atoms with Crippen LogP contribution in [0.4, 0.5) is 15.8 Å². The molecule has 0 saturated heterocycles. The molecule has 2 nitrogen and oxygen atoms in total. The van der Waals surface area contributed by atoms with Crippen LogP contribution >= 0.6 is 0 Å². The summed E-state index contributed by atoms with van der Waals surface area (Å²) in [7, 11) is 0. The van der Waals surface area contributed by atoms with Gasteiger partial charge in [-0.05, 0) is 12.1 Å². The van der Waals surface area contributed by atoms with Crippen LogP contribution in [0.5, 0.6) is 0 Å². The van der Waals surface area contributed by atoms with Crippen LogP contribution in [0.2, 0.25) is 0 Å². The predicted octanol–water partition coefficient (Wildman–Crippen LogP) is 1.82. The molecule has 1 heterocycles. The zero-order valence-corrected chi connectivity index (χ0v) is 5.97. The van der Waals surface area contributed by atoms with Crippen LogP contribution in [0.15, 0.2) is 24.3 Å². The van der Waals surface area contributed by atoms with Gasteiger partial charge < -0.3 is 10.6 Å². The molecule has 1 aromatic carbocycles. The van der Waals surface area contributed by atoms with Gasteiger partial charge in [-0.15, -0.1) is 0 Å². The summed E-state index contributed by atoms with van der Waals surface area (Å²) in [6, 6.07) is 7.71. The Balaban J connectivity index is 2.27. The van der Waals surface area contributed by atoms with E-state index in [1.807, 2.05) is 24.3 Å². The van der Waals surface area contributed by atoms with Crippen LogP contribution in [0, 0.1) is 0 Å². The molecule has 2 N–H and O–H groups in total. The van der Waals surface area contributed by atoms with E-state index in [0.29, 0.717) is 0 Å². The smallest absolute Gasteiger partial charge is 0.128 e. The highest BCUT2D eigenvalue weighted by molar-refractivity contribution is 5.74. The summed E-state index contributed by atoms with van der Waals surface area (Å²) >= 11 is 0. The lowest BCUT2D eigenvalue weighted by molar-refractivity contribution is 0.469. The minimum Gasteiger partial charge on any atom is -0.362 e. The molecule has 0 fully saturated rings. The van der Waals surface area contributed by atoms with E-state index in [-0.39, 0.29) is 6.17 Å². The molecule has 0 radical (unpaired) electrons. The number of hydrogen-bond donors (Lipinski definition) is 2. The van der Waals surface area contributed by atoms with Gasteiger partial charge >= 0.3 is 0 Å². The Morgan fingerprint density at radius 3 is 2.18 bits per heavy atom. The van der Waals surface area contributed by atoms with Crippen molar-refractivity contribution in [1.82, 2.24) is 0 Å². The van der Waals surface area contributed by atoms with E-state index in [1.54, 1.807) is 0 Å². The zero-order valence-electron chi connectivity index (χ0n) is 5.97. The summed E-state index contributed by atoms with van der Waals surface area (Å²) in [6.45, 7) is -0.394. The van der Waals surface area contributed by atoms with Crippen molar-refractivity contribution in [3.8, 4) is 0 Å². The number of anilines is 2. The Morgan fingerprint density at radius 1 is 1.18 bits per heavy atom. The molecule has 1 aliphatic rings. The van der Waals surface area contributed by atoms with Gasteiger partial charge in [-0.3, -0.25) is 0 Å². The Kier molecular flexibility index (Phi) is 1.42. The summed E-state index contributed by atoms with van der Waals surface area (Å²) in [5.74, 6) is 0. The molecule has 1 aromatic rings. The molecule has 0 saturated carbocycles. The summed E-state index contributed by atoms with van der Waals surface area (Å²) in [6.07, 6.45) is -0.243. The summed E-state index contributed by atoms with van der Waals surface area (Å²) < 4.78 is 12.1. The molecule has 58 valence electrons. The van der Waals surface area contributed by atoms with Crippen molar-refractivity contribution in [2.24, 2.45) is 0 Å². The number of alkyl halides is 1. The first-order valence-electron chi connectivity index (χ1n) is 3.58. The van der Waals surface area contributed by atoms with Gasteiger partial charge in [-0.25, -0.2) is 4.39 Å². The maximum atomic E-state index is 12.1. The topological polar surface area (TPSA) is 24.1 Å². The first-order valence-corrected chi connectivity index (χ1v) is 3.58. The van der Waals surface area contributed by atoms with E-state index in [4.69, 9.17) is 0 Å². The fraction of sp³-hybridized carbons (Fsp3) is 0.250. The molecule has 0 aliphatic carbocycles. The average Bonchev–Trinajstić information content (AvgIpc) is 2.46. The van der Waals surface area contributed by atoms with Gasteiger partial charge in [0.05, 0.1) is 11.4 Å². The zero-order chi connectivity index (χ0) is 7.68.